The normalized spacial score (nSPS) is 23.2. The van der Waals surface area contributed by atoms with Gasteiger partial charge in [0.05, 0.1) is 42.4 Å². The number of nitrogens with zero attached hydrogens (tertiary/aromatic N) is 6. The van der Waals surface area contributed by atoms with Gasteiger partial charge in [0.1, 0.15) is 11.8 Å². The summed E-state index contributed by atoms with van der Waals surface area (Å²) in [6.45, 7) is 11.9. The third kappa shape index (κ3) is 4.99. The molecule has 1 atom stereocenters. The number of non-ortho nitro benzene ring substituents is 1. The summed E-state index contributed by atoms with van der Waals surface area (Å²) in [7, 11) is 0. The minimum absolute atomic E-state index is 0.124. The van der Waals surface area contributed by atoms with Gasteiger partial charge in [-0.1, -0.05) is 12.1 Å². The van der Waals surface area contributed by atoms with Crippen molar-refractivity contribution in [2.45, 2.75) is 13.0 Å². The molecule has 2 aromatic rings. The lowest BCUT2D eigenvalue weighted by Gasteiger charge is -2.50. The van der Waals surface area contributed by atoms with Crippen molar-refractivity contribution in [2.24, 2.45) is 10.2 Å². The zero-order valence-corrected chi connectivity index (χ0v) is 18.3. The number of benzene rings is 2. The molecule has 9 heteroatoms. The smallest absolute Gasteiger partial charge is 0.270 e. The Morgan fingerprint density at radius 1 is 1.16 bits per heavy atom. The van der Waals surface area contributed by atoms with Gasteiger partial charge in [-0.05, 0) is 30.7 Å². The molecule has 0 aliphatic carbocycles. The quantitative estimate of drug-likeness (QED) is 0.295. The molecule has 0 radical (unpaired) electrons. The lowest BCUT2D eigenvalue weighted by Crippen LogP contribution is -2.68. The van der Waals surface area contributed by atoms with E-state index in [1.54, 1.807) is 0 Å². The zero-order chi connectivity index (χ0) is 22.6. The molecule has 1 unspecified atom stereocenters. The van der Waals surface area contributed by atoms with Gasteiger partial charge >= 0.3 is 0 Å². The van der Waals surface area contributed by atoms with Gasteiger partial charge in [0.2, 0.25) is 0 Å². The van der Waals surface area contributed by atoms with E-state index in [4.69, 9.17) is 0 Å². The van der Waals surface area contributed by atoms with E-state index in [1.165, 1.54) is 74.1 Å². The van der Waals surface area contributed by atoms with Gasteiger partial charge in [-0.25, -0.2) is 0 Å². The van der Waals surface area contributed by atoms with E-state index in [0.29, 0.717) is 11.4 Å². The lowest BCUT2D eigenvalue weighted by molar-refractivity contribution is -0.939. The van der Waals surface area contributed by atoms with E-state index in [-0.39, 0.29) is 17.3 Å². The van der Waals surface area contributed by atoms with Crippen LogP contribution in [0.3, 0.4) is 0 Å². The molecule has 5 rings (SSSR count). The second-order valence-electron chi connectivity index (χ2n) is 8.62. The number of azo groups is 1. The Kier molecular flexibility index (Phi) is 6.55. The van der Waals surface area contributed by atoms with Crippen molar-refractivity contribution in [3.8, 4) is 6.07 Å². The number of nitro groups is 1. The topological polar surface area (TPSA) is 107 Å². The van der Waals surface area contributed by atoms with Crippen LogP contribution >= 0.6 is 0 Å². The van der Waals surface area contributed by atoms with Crippen LogP contribution in [0, 0.1) is 21.4 Å². The van der Waals surface area contributed by atoms with Crippen LogP contribution in [0.1, 0.15) is 24.1 Å². The van der Waals surface area contributed by atoms with Gasteiger partial charge in [-0.3, -0.25) is 15.0 Å². The number of nitrogens with one attached hydrogen (secondary N) is 1. The Hall–Kier alpha value is -3.19. The summed E-state index contributed by atoms with van der Waals surface area (Å²) in [6, 6.07) is 14.0. The molecular formula is C23H28N7O2+. The fourth-order valence-corrected chi connectivity index (χ4v) is 4.46. The first-order valence-electron chi connectivity index (χ1n) is 11.0. The van der Waals surface area contributed by atoms with Crippen molar-refractivity contribution < 1.29 is 9.41 Å². The number of nitro benzene ring substituents is 1. The predicted octanol–water partition coefficient (Wildman–Crippen LogP) is 3.68. The summed E-state index contributed by atoms with van der Waals surface area (Å²) in [6.07, 6.45) is 0. The summed E-state index contributed by atoms with van der Waals surface area (Å²) in [5, 5.41) is 32.0. The monoisotopic (exact) mass is 434 g/mol. The molecule has 3 aliphatic rings. The number of rotatable bonds is 8. The van der Waals surface area contributed by atoms with E-state index in [1.807, 2.05) is 30.3 Å². The third-order valence-corrected chi connectivity index (χ3v) is 6.69. The van der Waals surface area contributed by atoms with Gasteiger partial charge in [-0.2, -0.15) is 10.4 Å². The van der Waals surface area contributed by atoms with Crippen LogP contribution in [-0.2, 0) is 0 Å². The maximum absolute atomic E-state index is 10.9. The summed E-state index contributed by atoms with van der Waals surface area (Å²) in [5.74, 6) is 0. The van der Waals surface area contributed by atoms with E-state index >= 15 is 0 Å². The van der Waals surface area contributed by atoms with Gasteiger partial charge in [0, 0.05) is 44.4 Å². The first-order chi connectivity index (χ1) is 15.5. The van der Waals surface area contributed by atoms with Crippen LogP contribution in [0.5, 0.6) is 0 Å². The van der Waals surface area contributed by atoms with Crippen LogP contribution in [0.25, 0.3) is 0 Å². The van der Waals surface area contributed by atoms with Gasteiger partial charge in [-0.15, -0.1) is 5.11 Å². The number of hydrogen-bond donors (Lipinski definition) is 1. The van der Waals surface area contributed by atoms with Crippen LogP contribution in [0.15, 0.2) is 52.7 Å². The summed E-state index contributed by atoms with van der Waals surface area (Å²) < 4.78 is 1.25. The zero-order valence-electron chi connectivity index (χ0n) is 18.3. The first kappa shape index (κ1) is 22.0. The van der Waals surface area contributed by atoms with Crippen molar-refractivity contribution in [1.29, 1.82) is 5.26 Å². The molecule has 1 N–H and O–H groups in total. The molecule has 2 aromatic carbocycles. The molecule has 3 fully saturated rings. The van der Waals surface area contributed by atoms with E-state index in [9.17, 15) is 15.4 Å². The summed E-state index contributed by atoms with van der Waals surface area (Å²) in [4.78, 5) is 12.9. The summed E-state index contributed by atoms with van der Waals surface area (Å²) >= 11 is 0. The van der Waals surface area contributed by atoms with Gasteiger partial charge in [0.25, 0.3) is 5.69 Å². The van der Waals surface area contributed by atoms with Crippen LogP contribution < -0.4 is 5.32 Å². The SMILES string of the molecule is CC(NCC[N+]12CCN(CC1)CC2)c1ccc(N=Nc2ccc([N+](=O)[O-])cc2C#N)cc1. The maximum Gasteiger partial charge on any atom is 0.270 e. The average molecular weight is 435 g/mol. The van der Waals surface area contributed by atoms with Crippen LogP contribution in [-0.4, -0.2) is 66.7 Å². The second-order valence-corrected chi connectivity index (χ2v) is 8.62. The molecule has 0 amide bonds. The number of nitriles is 1. The standard InChI is InChI=1S/C23H28N7O2/c1-18(25-8-12-30-13-9-28(10-14-30)11-15-30)19-2-4-21(5-3-19)26-27-23-7-6-22(29(31)32)16-20(23)17-24/h2-7,16,18,25H,8-15H2,1H3/q+1. The highest BCUT2D eigenvalue weighted by molar-refractivity contribution is 5.58. The minimum atomic E-state index is -0.536. The molecule has 3 saturated heterocycles. The molecule has 0 saturated carbocycles. The van der Waals surface area contributed by atoms with E-state index in [0.717, 1.165) is 6.54 Å². The molecule has 3 aliphatic heterocycles. The second kappa shape index (κ2) is 9.53. The first-order valence-corrected chi connectivity index (χ1v) is 11.0. The molecular weight excluding hydrogens is 406 g/mol. The molecule has 166 valence electrons. The molecule has 3 heterocycles. The predicted molar refractivity (Wildman–Crippen MR) is 121 cm³/mol. The molecule has 0 aromatic heterocycles. The summed E-state index contributed by atoms with van der Waals surface area (Å²) in [5.41, 5.74) is 2.13. The fourth-order valence-electron chi connectivity index (χ4n) is 4.46. The third-order valence-electron chi connectivity index (χ3n) is 6.69. The fraction of sp³-hybridized carbons (Fsp3) is 0.435. The lowest BCUT2D eigenvalue weighted by atomic mass is 10.1. The molecule has 2 bridgehead atoms. The molecule has 9 nitrogen and oxygen atoms in total. The van der Waals surface area contributed by atoms with Crippen molar-refractivity contribution in [3.05, 3.63) is 63.7 Å². The number of piperazine rings is 3. The Morgan fingerprint density at radius 2 is 1.84 bits per heavy atom. The van der Waals surface area contributed by atoms with Gasteiger partial charge < -0.3 is 9.80 Å². The van der Waals surface area contributed by atoms with E-state index < -0.39 is 4.92 Å². The maximum atomic E-state index is 10.9. The minimum Gasteiger partial charge on any atom is -0.319 e. The van der Waals surface area contributed by atoms with Crippen molar-refractivity contribution in [2.75, 3.05) is 52.4 Å². The molecule has 32 heavy (non-hydrogen) atoms. The highest BCUT2D eigenvalue weighted by Gasteiger charge is 2.37. The van der Waals surface area contributed by atoms with Crippen LogP contribution in [0.2, 0.25) is 0 Å². The van der Waals surface area contributed by atoms with Gasteiger partial charge in [0.15, 0.2) is 0 Å². The Bertz CT molecular complexity index is 1020. The highest BCUT2D eigenvalue weighted by Crippen LogP contribution is 2.26. The number of fused-ring (bicyclic) bond motifs is 3. The van der Waals surface area contributed by atoms with Crippen LogP contribution in [0.4, 0.5) is 17.1 Å². The van der Waals surface area contributed by atoms with E-state index in [2.05, 4.69) is 27.4 Å². The Labute approximate surface area is 187 Å². The number of hydrogen-bond acceptors (Lipinski definition) is 7. The Morgan fingerprint density at radius 3 is 2.47 bits per heavy atom. The largest absolute Gasteiger partial charge is 0.319 e. The average Bonchev–Trinajstić information content (AvgIpc) is 2.83. The molecule has 0 spiro atoms. The Balaban J connectivity index is 1.32. The number of quaternary nitrogens is 1. The van der Waals surface area contributed by atoms with Crippen molar-refractivity contribution in [1.82, 2.24) is 10.2 Å². The highest BCUT2D eigenvalue weighted by atomic mass is 16.6. The van der Waals surface area contributed by atoms with Crippen molar-refractivity contribution in [3.63, 3.8) is 0 Å². The van der Waals surface area contributed by atoms with Crippen molar-refractivity contribution >= 4 is 17.1 Å².